The lowest BCUT2D eigenvalue weighted by atomic mass is 9.76. The van der Waals surface area contributed by atoms with E-state index in [1.165, 1.54) is 37.9 Å². The Bertz CT molecular complexity index is 372. The fourth-order valence-electron chi connectivity index (χ4n) is 3.56. The molecule has 3 nitrogen and oxygen atoms in total. The molecular formula is C16H29N3. The molecule has 0 aromatic carbocycles. The van der Waals surface area contributed by atoms with Crippen LogP contribution in [0.2, 0.25) is 0 Å². The van der Waals surface area contributed by atoms with Crippen LogP contribution in [0.5, 0.6) is 0 Å². The topological polar surface area (TPSA) is 29.9 Å². The first-order valence-corrected chi connectivity index (χ1v) is 8.04. The summed E-state index contributed by atoms with van der Waals surface area (Å²) >= 11 is 0. The Morgan fingerprint density at radius 1 is 1.37 bits per heavy atom. The van der Waals surface area contributed by atoms with E-state index in [-0.39, 0.29) is 0 Å². The van der Waals surface area contributed by atoms with Crippen molar-refractivity contribution in [1.29, 1.82) is 0 Å². The lowest BCUT2D eigenvalue weighted by molar-refractivity contribution is 0.203. The van der Waals surface area contributed by atoms with E-state index < -0.39 is 0 Å². The summed E-state index contributed by atoms with van der Waals surface area (Å²) in [7, 11) is 0. The predicted molar refractivity (Wildman–Crippen MR) is 80.1 cm³/mol. The molecule has 1 aliphatic rings. The van der Waals surface area contributed by atoms with Crippen molar-refractivity contribution in [2.75, 3.05) is 6.54 Å². The van der Waals surface area contributed by atoms with Crippen molar-refractivity contribution in [3.8, 4) is 0 Å². The van der Waals surface area contributed by atoms with Gasteiger partial charge in [0.05, 0.1) is 6.04 Å². The van der Waals surface area contributed by atoms with E-state index in [1.807, 2.05) is 6.20 Å². The van der Waals surface area contributed by atoms with Crippen LogP contribution in [0.1, 0.15) is 64.7 Å². The molecular weight excluding hydrogens is 234 g/mol. The fourth-order valence-corrected chi connectivity index (χ4v) is 3.56. The van der Waals surface area contributed by atoms with Crippen LogP contribution in [-0.2, 0) is 6.54 Å². The average molecular weight is 263 g/mol. The third-order valence-corrected chi connectivity index (χ3v) is 4.66. The second-order valence-corrected chi connectivity index (χ2v) is 5.81. The highest BCUT2D eigenvalue weighted by Gasteiger charge is 2.30. The van der Waals surface area contributed by atoms with Crippen molar-refractivity contribution in [2.24, 2.45) is 11.8 Å². The van der Waals surface area contributed by atoms with Crippen molar-refractivity contribution in [3.05, 3.63) is 18.2 Å². The van der Waals surface area contributed by atoms with Crippen molar-refractivity contribution in [1.82, 2.24) is 14.9 Å². The normalized spacial score (nSPS) is 25.4. The number of rotatable bonds is 6. The van der Waals surface area contributed by atoms with Gasteiger partial charge in [-0.15, -0.1) is 0 Å². The standard InChI is InChI=1S/C16H29N3/c1-4-13-8-7-9-14(12-13)15(17-5-2)16-18-10-11-19(16)6-3/h10-11,13-15,17H,4-9,12H2,1-3H3. The first-order valence-electron chi connectivity index (χ1n) is 8.04. The van der Waals surface area contributed by atoms with Gasteiger partial charge >= 0.3 is 0 Å². The minimum atomic E-state index is 0.439. The molecule has 19 heavy (non-hydrogen) atoms. The number of nitrogens with one attached hydrogen (secondary N) is 1. The van der Waals surface area contributed by atoms with Gasteiger partial charge in [-0.1, -0.05) is 33.1 Å². The van der Waals surface area contributed by atoms with Gasteiger partial charge in [0.2, 0.25) is 0 Å². The Labute approximate surface area is 117 Å². The molecule has 3 heteroatoms. The number of aromatic nitrogens is 2. The van der Waals surface area contributed by atoms with E-state index in [4.69, 9.17) is 0 Å². The molecule has 0 amide bonds. The van der Waals surface area contributed by atoms with Crippen LogP contribution in [0.4, 0.5) is 0 Å². The summed E-state index contributed by atoms with van der Waals surface area (Å²) in [6, 6.07) is 0.439. The molecule has 2 rings (SSSR count). The van der Waals surface area contributed by atoms with E-state index in [1.54, 1.807) is 0 Å². The molecule has 0 radical (unpaired) electrons. The zero-order valence-electron chi connectivity index (χ0n) is 12.7. The monoisotopic (exact) mass is 263 g/mol. The Hall–Kier alpha value is -0.830. The number of nitrogens with zero attached hydrogens (tertiary/aromatic N) is 2. The van der Waals surface area contributed by atoms with Crippen molar-refractivity contribution < 1.29 is 0 Å². The number of imidazole rings is 1. The number of hydrogen-bond donors (Lipinski definition) is 1. The smallest absolute Gasteiger partial charge is 0.126 e. The summed E-state index contributed by atoms with van der Waals surface area (Å²) < 4.78 is 2.29. The number of hydrogen-bond acceptors (Lipinski definition) is 2. The van der Waals surface area contributed by atoms with Gasteiger partial charge in [0, 0.05) is 18.9 Å². The predicted octanol–water partition coefficient (Wildman–Crippen LogP) is 3.77. The summed E-state index contributed by atoms with van der Waals surface area (Å²) in [5.41, 5.74) is 0. The molecule has 1 heterocycles. The van der Waals surface area contributed by atoms with Crippen LogP contribution in [-0.4, -0.2) is 16.1 Å². The van der Waals surface area contributed by atoms with Crippen LogP contribution >= 0.6 is 0 Å². The Kier molecular flexibility index (Phi) is 5.44. The Balaban J connectivity index is 2.15. The molecule has 1 aliphatic carbocycles. The van der Waals surface area contributed by atoms with E-state index >= 15 is 0 Å². The highest BCUT2D eigenvalue weighted by atomic mass is 15.1. The van der Waals surface area contributed by atoms with Gasteiger partial charge in [0.15, 0.2) is 0 Å². The van der Waals surface area contributed by atoms with Crippen LogP contribution in [0.25, 0.3) is 0 Å². The molecule has 0 aliphatic heterocycles. The average Bonchev–Trinajstić information content (AvgIpc) is 2.93. The summed E-state index contributed by atoms with van der Waals surface area (Å²) in [5.74, 6) is 2.92. The molecule has 0 saturated heterocycles. The molecule has 1 saturated carbocycles. The molecule has 3 unspecified atom stereocenters. The van der Waals surface area contributed by atoms with Gasteiger partial charge in [0.25, 0.3) is 0 Å². The summed E-state index contributed by atoms with van der Waals surface area (Å²) in [6.45, 7) is 8.77. The van der Waals surface area contributed by atoms with Crippen molar-refractivity contribution >= 4 is 0 Å². The maximum Gasteiger partial charge on any atom is 0.126 e. The van der Waals surface area contributed by atoms with E-state index in [0.717, 1.165) is 24.9 Å². The first kappa shape index (κ1) is 14.6. The fraction of sp³-hybridized carbons (Fsp3) is 0.812. The second kappa shape index (κ2) is 7.09. The van der Waals surface area contributed by atoms with E-state index in [9.17, 15) is 0 Å². The van der Waals surface area contributed by atoms with Gasteiger partial charge in [-0.3, -0.25) is 0 Å². The van der Waals surface area contributed by atoms with Crippen LogP contribution in [0.3, 0.4) is 0 Å². The maximum atomic E-state index is 4.63. The third kappa shape index (κ3) is 3.38. The molecule has 1 fully saturated rings. The van der Waals surface area contributed by atoms with Crippen molar-refractivity contribution in [2.45, 2.75) is 65.5 Å². The minimum Gasteiger partial charge on any atom is -0.334 e. The molecule has 108 valence electrons. The molecule has 1 aromatic heterocycles. The SMILES string of the molecule is CCNC(c1nccn1CC)C1CCCC(CC)C1. The third-order valence-electron chi connectivity index (χ3n) is 4.66. The number of aryl methyl sites for hydroxylation is 1. The van der Waals surface area contributed by atoms with Crippen LogP contribution in [0, 0.1) is 11.8 Å². The zero-order chi connectivity index (χ0) is 13.7. The lowest BCUT2D eigenvalue weighted by Crippen LogP contribution is -2.33. The quantitative estimate of drug-likeness (QED) is 0.846. The molecule has 1 aromatic rings. The molecule has 0 bridgehead atoms. The summed E-state index contributed by atoms with van der Waals surface area (Å²) in [6.07, 6.45) is 10.9. The Morgan fingerprint density at radius 2 is 2.21 bits per heavy atom. The highest BCUT2D eigenvalue weighted by molar-refractivity contribution is 5.02. The molecule has 0 spiro atoms. The Morgan fingerprint density at radius 3 is 2.89 bits per heavy atom. The highest BCUT2D eigenvalue weighted by Crippen LogP contribution is 2.38. The van der Waals surface area contributed by atoms with E-state index in [0.29, 0.717) is 6.04 Å². The summed E-state index contributed by atoms with van der Waals surface area (Å²) in [4.78, 5) is 4.63. The minimum absolute atomic E-state index is 0.439. The van der Waals surface area contributed by atoms with Gasteiger partial charge in [-0.05, 0) is 38.1 Å². The lowest BCUT2D eigenvalue weighted by Gasteiger charge is -2.34. The maximum absolute atomic E-state index is 4.63. The van der Waals surface area contributed by atoms with E-state index in [2.05, 4.69) is 41.8 Å². The summed E-state index contributed by atoms with van der Waals surface area (Å²) in [5, 5.41) is 3.69. The molecule has 3 atom stereocenters. The first-order chi connectivity index (χ1) is 9.30. The van der Waals surface area contributed by atoms with Crippen molar-refractivity contribution in [3.63, 3.8) is 0 Å². The van der Waals surface area contributed by atoms with Gasteiger partial charge < -0.3 is 9.88 Å². The van der Waals surface area contributed by atoms with Gasteiger partial charge in [0.1, 0.15) is 5.82 Å². The molecule has 1 N–H and O–H groups in total. The zero-order valence-corrected chi connectivity index (χ0v) is 12.7. The van der Waals surface area contributed by atoms with Gasteiger partial charge in [-0.2, -0.15) is 0 Å². The van der Waals surface area contributed by atoms with Crippen LogP contribution < -0.4 is 5.32 Å². The largest absolute Gasteiger partial charge is 0.334 e. The van der Waals surface area contributed by atoms with Gasteiger partial charge in [-0.25, -0.2) is 4.98 Å². The van der Waals surface area contributed by atoms with Crippen LogP contribution in [0.15, 0.2) is 12.4 Å². The second-order valence-electron chi connectivity index (χ2n) is 5.81.